The normalized spacial score (nSPS) is 9.47. The molecular weight excluding hydrogens is 244 g/mol. The summed E-state index contributed by atoms with van der Waals surface area (Å²) in [7, 11) is 0. The summed E-state index contributed by atoms with van der Waals surface area (Å²) in [4.78, 5) is 21.4. The van der Waals surface area contributed by atoms with Crippen LogP contribution in [0.5, 0.6) is 0 Å². The minimum atomic E-state index is -0.315. The van der Waals surface area contributed by atoms with E-state index in [2.05, 4.69) is 13.2 Å². The Bertz CT molecular complexity index is 327. The zero-order valence-corrected chi connectivity index (χ0v) is 12.9. The summed E-state index contributed by atoms with van der Waals surface area (Å²) in [5.41, 5.74) is 0.907. The van der Waals surface area contributed by atoms with Crippen molar-refractivity contribution in [3.8, 4) is 0 Å². The number of rotatable bonds is 5. The van der Waals surface area contributed by atoms with Crippen LogP contribution in [0.4, 0.5) is 0 Å². The number of carbonyl (C=O) groups is 2. The minimum absolute atomic E-state index is 0.0470. The third kappa shape index (κ3) is 14.4. The number of esters is 2. The fourth-order valence-corrected chi connectivity index (χ4v) is 0.680. The van der Waals surface area contributed by atoms with Gasteiger partial charge in [-0.1, -0.05) is 27.0 Å². The first-order chi connectivity index (χ1) is 8.57. The molecule has 0 fully saturated rings. The van der Waals surface area contributed by atoms with E-state index in [1.807, 2.05) is 13.8 Å². The lowest BCUT2D eigenvalue weighted by Gasteiger charge is -2.05. The van der Waals surface area contributed by atoms with E-state index in [9.17, 15) is 9.59 Å². The summed E-state index contributed by atoms with van der Waals surface area (Å²) in [6, 6.07) is 0. The van der Waals surface area contributed by atoms with Crippen molar-refractivity contribution in [2.75, 3.05) is 6.61 Å². The molecule has 0 saturated heterocycles. The van der Waals surface area contributed by atoms with Crippen LogP contribution in [0.2, 0.25) is 0 Å². The first-order valence-electron chi connectivity index (χ1n) is 6.27. The average Bonchev–Trinajstić information content (AvgIpc) is 2.25. The van der Waals surface area contributed by atoms with E-state index in [0.29, 0.717) is 23.7 Å². The Morgan fingerprint density at radius 3 is 1.58 bits per heavy atom. The molecule has 0 rings (SSSR count). The molecule has 4 nitrogen and oxygen atoms in total. The molecule has 0 atom stereocenters. The van der Waals surface area contributed by atoms with Crippen LogP contribution >= 0.6 is 0 Å². The second-order valence-corrected chi connectivity index (χ2v) is 5.01. The molecule has 0 aromatic heterocycles. The number of carbonyl (C=O) groups excluding carboxylic acids is 2. The highest BCUT2D eigenvalue weighted by molar-refractivity contribution is 5.87. The molecule has 19 heavy (non-hydrogen) atoms. The highest BCUT2D eigenvalue weighted by Gasteiger charge is 2.04. The molecule has 0 unspecified atom stereocenters. The van der Waals surface area contributed by atoms with Crippen LogP contribution < -0.4 is 0 Å². The molecule has 0 aromatic carbocycles. The maximum Gasteiger partial charge on any atom is 0.333 e. The molecule has 0 spiro atoms. The summed E-state index contributed by atoms with van der Waals surface area (Å²) in [5, 5.41) is 0. The second-order valence-electron chi connectivity index (χ2n) is 5.01. The second kappa shape index (κ2) is 10.4. The first-order valence-corrected chi connectivity index (χ1v) is 6.27. The molecular formula is C15H26O4. The Morgan fingerprint density at radius 2 is 1.37 bits per heavy atom. The lowest BCUT2D eigenvalue weighted by atomic mass is 10.2. The zero-order valence-electron chi connectivity index (χ0n) is 12.9. The molecule has 0 aliphatic carbocycles. The van der Waals surface area contributed by atoms with E-state index in [0.717, 1.165) is 0 Å². The van der Waals surface area contributed by atoms with E-state index in [4.69, 9.17) is 9.47 Å². The van der Waals surface area contributed by atoms with Crippen LogP contribution in [-0.4, -0.2) is 24.6 Å². The summed E-state index contributed by atoms with van der Waals surface area (Å²) in [6.45, 7) is 18.2. The van der Waals surface area contributed by atoms with Crippen LogP contribution in [-0.2, 0) is 19.1 Å². The van der Waals surface area contributed by atoms with Gasteiger partial charge in [0.15, 0.2) is 0 Å². The van der Waals surface area contributed by atoms with Gasteiger partial charge in [0, 0.05) is 11.1 Å². The Balaban J connectivity index is 0. The highest BCUT2D eigenvalue weighted by Crippen LogP contribution is 1.97. The molecule has 4 heteroatoms. The molecule has 0 radical (unpaired) electrons. The van der Waals surface area contributed by atoms with Gasteiger partial charge in [0.05, 0.1) is 12.7 Å². The van der Waals surface area contributed by atoms with Gasteiger partial charge in [-0.05, 0) is 33.6 Å². The molecule has 0 N–H and O–H groups in total. The van der Waals surface area contributed by atoms with Crippen molar-refractivity contribution in [3.63, 3.8) is 0 Å². The van der Waals surface area contributed by atoms with Crippen LogP contribution in [0.25, 0.3) is 0 Å². The van der Waals surface area contributed by atoms with E-state index in [-0.39, 0.29) is 18.0 Å². The number of ether oxygens (including phenoxy) is 2. The van der Waals surface area contributed by atoms with Gasteiger partial charge < -0.3 is 9.47 Å². The average molecular weight is 270 g/mol. The maximum atomic E-state index is 10.7. The van der Waals surface area contributed by atoms with Crippen LogP contribution in [0.15, 0.2) is 24.3 Å². The van der Waals surface area contributed by atoms with Crippen molar-refractivity contribution < 1.29 is 19.1 Å². The summed E-state index contributed by atoms with van der Waals surface area (Å²) < 4.78 is 9.60. The largest absolute Gasteiger partial charge is 0.462 e. The van der Waals surface area contributed by atoms with Gasteiger partial charge in [0.25, 0.3) is 0 Å². The summed E-state index contributed by atoms with van der Waals surface area (Å²) in [5.74, 6) is -0.220. The summed E-state index contributed by atoms with van der Waals surface area (Å²) in [6.07, 6.45) is -0.0470. The number of hydrogen-bond acceptors (Lipinski definition) is 4. The topological polar surface area (TPSA) is 52.6 Å². The van der Waals surface area contributed by atoms with Crippen LogP contribution in [0, 0.1) is 5.92 Å². The van der Waals surface area contributed by atoms with Gasteiger partial charge >= 0.3 is 11.9 Å². The monoisotopic (exact) mass is 270 g/mol. The van der Waals surface area contributed by atoms with Crippen molar-refractivity contribution in [1.29, 1.82) is 0 Å². The fraction of sp³-hybridized carbons (Fsp3) is 0.600. The Labute approximate surface area is 116 Å². The van der Waals surface area contributed by atoms with Gasteiger partial charge in [0.1, 0.15) is 0 Å². The van der Waals surface area contributed by atoms with Crippen LogP contribution in [0.1, 0.15) is 41.5 Å². The van der Waals surface area contributed by atoms with E-state index in [1.54, 1.807) is 27.7 Å². The van der Waals surface area contributed by atoms with E-state index in [1.165, 1.54) is 0 Å². The zero-order chi connectivity index (χ0) is 15.6. The predicted molar refractivity (Wildman–Crippen MR) is 76.7 cm³/mol. The van der Waals surface area contributed by atoms with Crippen molar-refractivity contribution in [2.24, 2.45) is 5.92 Å². The third-order valence-corrected chi connectivity index (χ3v) is 1.59. The van der Waals surface area contributed by atoms with Crippen LogP contribution in [0.3, 0.4) is 0 Å². The molecule has 0 heterocycles. The molecule has 0 aliphatic rings. The molecule has 0 bridgehead atoms. The predicted octanol–water partition coefficient (Wildman–Crippen LogP) is 3.28. The molecule has 110 valence electrons. The number of hydrogen-bond donors (Lipinski definition) is 0. The van der Waals surface area contributed by atoms with Crippen molar-refractivity contribution in [2.45, 2.75) is 47.6 Å². The first kappa shape index (κ1) is 19.8. The van der Waals surface area contributed by atoms with Crippen molar-refractivity contribution >= 4 is 11.9 Å². The van der Waals surface area contributed by atoms with E-state index >= 15 is 0 Å². The molecule has 0 amide bonds. The van der Waals surface area contributed by atoms with Gasteiger partial charge in [-0.25, -0.2) is 9.59 Å². The quantitative estimate of drug-likeness (QED) is 0.568. The third-order valence-electron chi connectivity index (χ3n) is 1.59. The highest BCUT2D eigenvalue weighted by atomic mass is 16.5. The fourth-order valence-electron chi connectivity index (χ4n) is 0.680. The lowest BCUT2D eigenvalue weighted by Crippen LogP contribution is -2.11. The Hall–Kier alpha value is -1.58. The molecule has 0 aliphatic heterocycles. The van der Waals surface area contributed by atoms with Gasteiger partial charge in [-0.3, -0.25) is 0 Å². The SMILES string of the molecule is C=C(C)C(=O)OC(C)C.C=C(C)C(=O)OCC(C)C. The van der Waals surface area contributed by atoms with Gasteiger partial charge in [-0.15, -0.1) is 0 Å². The smallest absolute Gasteiger partial charge is 0.333 e. The maximum absolute atomic E-state index is 10.7. The Morgan fingerprint density at radius 1 is 0.947 bits per heavy atom. The lowest BCUT2D eigenvalue weighted by molar-refractivity contribution is -0.142. The molecule has 0 aromatic rings. The van der Waals surface area contributed by atoms with Gasteiger partial charge in [-0.2, -0.15) is 0 Å². The van der Waals surface area contributed by atoms with E-state index < -0.39 is 0 Å². The molecule has 0 saturated carbocycles. The Kier molecular flexibility index (Phi) is 10.8. The standard InChI is InChI=1S/C8H14O2.C7H12O2/c1-6(2)5-10-8(9)7(3)4;1-5(2)7(8)9-6(3)4/h6H,3,5H2,1-2,4H3;6H,1H2,2-4H3. The van der Waals surface area contributed by atoms with Crippen molar-refractivity contribution in [3.05, 3.63) is 24.3 Å². The van der Waals surface area contributed by atoms with Gasteiger partial charge in [0.2, 0.25) is 0 Å². The minimum Gasteiger partial charge on any atom is -0.462 e. The van der Waals surface area contributed by atoms with Crippen molar-refractivity contribution in [1.82, 2.24) is 0 Å². The summed E-state index contributed by atoms with van der Waals surface area (Å²) >= 11 is 0.